The standard InChI is InChI=1S/C14H19ClN2/c1-9-6-7-17-11(8-9)16-13(14(3,4)5)12(17)10(2)15/h6-8,10H,1-5H3. The van der Waals surface area contributed by atoms with Gasteiger partial charge in [0.25, 0.3) is 0 Å². The second kappa shape index (κ2) is 4.02. The zero-order chi connectivity index (χ0) is 12.8. The van der Waals surface area contributed by atoms with Crippen molar-refractivity contribution in [3.63, 3.8) is 0 Å². The second-order valence-corrected chi connectivity index (χ2v) is 6.30. The summed E-state index contributed by atoms with van der Waals surface area (Å²) in [6, 6.07) is 4.18. The van der Waals surface area contributed by atoms with Gasteiger partial charge < -0.3 is 4.40 Å². The Labute approximate surface area is 108 Å². The molecule has 2 aromatic rings. The molecule has 2 heterocycles. The fourth-order valence-electron chi connectivity index (χ4n) is 2.10. The molecule has 2 aromatic heterocycles. The lowest BCUT2D eigenvalue weighted by molar-refractivity contribution is 0.564. The minimum Gasteiger partial charge on any atom is -0.302 e. The number of hydrogen-bond donors (Lipinski definition) is 0. The zero-order valence-electron chi connectivity index (χ0n) is 11.1. The predicted octanol–water partition coefficient (Wildman–Crippen LogP) is 4.24. The highest BCUT2D eigenvalue weighted by Crippen LogP contribution is 2.32. The number of aromatic nitrogens is 2. The number of nitrogens with zero attached hydrogens (tertiary/aromatic N) is 2. The average Bonchev–Trinajstić information content (AvgIpc) is 2.55. The topological polar surface area (TPSA) is 17.3 Å². The Hall–Kier alpha value is -1.02. The monoisotopic (exact) mass is 250 g/mol. The van der Waals surface area contributed by atoms with Crippen LogP contribution in [0.2, 0.25) is 0 Å². The lowest BCUT2D eigenvalue weighted by Crippen LogP contribution is -2.15. The van der Waals surface area contributed by atoms with Crippen LogP contribution in [0, 0.1) is 6.92 Å². The van der Waals surface area contributed by atoms with Gasteiger partial charge in [-0.25, -0.2) is 4.98 Å². The van der Waals surface area contributed by atoms with Crippen molar-refractivity contribution in [3.8, 4) is 0 Å². The summed E-state index contributed by atoms with van der Waals surface area (Å²) in [6.07, 6.45) is 2.06. The van der Waals surface area contributed by atoms with E-state index in [1.807, 2.05) is 6.92 Å². The van der Waals surface area contributed by atoms with Crippen molar-refractivity contribution >= 4 is 17.2 Å². The average molecular weight is 251 g/mol. The van der Waals surface area contributed by atoms with Crippen LogP contribution in [0.1, 0.15) is 50.0 Å². The van der Waals surface area contributed by atoms with Gasteiger partial charge in [-0.05, 0) is 31.5 Å². The van der Waals surface area contributed by atoms with Crippen molar-refractivity contribution in [2.45, 2.75) is 45.4 Å². The van der Waals surface area contributed by atoms with E-state index in [1.54, 1.807) is 0 Å². The molecule has 17 heavy (non-hydrogen) atoms. The molecule has 0 aliphatic heterocycles. The second-order valence-electron chi connectivity index (χ2n) is 5.64. The van der Waals surface area contributed by atoms with Crippen LogP contribution in [-0.2, 0) is 5.41 Å². The number of alkyl halides is 1. The summed E-state index contributed by atoms with van der Waals surface area (Å²) in [5.74, 6) is 0. The maximum absolute atomic E-state index is 6.31. The van der Waals surface area contributed by atoms with Crippen molar-refractivity contribution in [1.82, 2.24) is 9.38 Å². The number of fused-ring (bicyclic) bond motifs is 1. The molecule has 0 fully saturated rings. The SMILES string of the molecule is Cc1ccn2c(C(C)Cl)c(C(C)(C)C)nc2c1. The van der Waals surface area contributed by atoms with Crippen LogP contribution in [0.4, 0.5) is 0 Å². The lowest BCUT2D eigenvalue weighted by atomic mass is 9.90. The lowest BCUT2D eigenvalue weighted by Gasteiger charge is -2.18. The van der Waals surface area contributed by atoms with E-state index in [-0.39, 0.29) is 10.8 Å². The minimum atomic E-state index is -0.0399. The molecule has 0 spiro atoms. The molecule has 2 rings (SSSR count). The van der Waals surface area contributed by atoms with E-state index < -0.39 is 0 Å². The van der Waals surface area contributed by atoms with Crippen LogP contribution < -0.4 is 0 Å². The maximum atomic E-state index is 6.31. The summed E-state index contributed by atoms with van der Waals surface area (Å²) < 4.78 is 2.10. The first-order valence-corrected chi connectivity index (χ1v) is 6.37. The van der Waals surface area contributed by atoms with Crippen molar-refractivity contribution < 1.29 is 0 Å². The fraction of sp³-hybridized carbons (Fsp3) is 0.500. The molecule has 0 radical (unpaired) electrons. The Bertz CT molecular complexity index is 547. The summed E-state index contributed by atoms with van der Waals surface area (Å²) in [6.45, 7) is 10.6. The van der Waals surface area contributed by atoms with Gasteiger partial charge in [-0.2, -0.15) is 0 Å². The Balaban J connectivity index is 2.80. The van der Waals surface area contributed by atoms with Gasteiger partial charge in [0.15, 0.2) is 0 Å². The van der Waals surface area contributed by atoms with Crippen LogP contribution in [0.5, 0.6) is 0 Å². The highest BCUT2D eigenvalue weighted by molar-refractivity contribution is 6.20. The quantitative estimate of drug-likeness (QED) is 0.692. The molecule has 0 saturated heterocycles. The third-order valence-corrected chi connectivity index (χ3v) is 3.11. The van der Waals surface area contributed by atoms with Crippen molar-refractivity contribution in [3.05, 3.63) is 35.3 Å². The van der Waals surface area contributed by atoms with Crippen LogP contribution in [0.25, 0.3) is 5.65 Å². The van der Waals surface area contributed by atoms with E-state index in [9.17, 15) is 0 Å². The maximum Gasteiger partial charge on any atom is 0.137 e. The predicted molar refractivity (Wildman–Crippen MR) is 72.9 cm³/mol. The third-order valence-electron chi connectivity index (χ3n) is 2.91. The number of pyridine rings is 1. The number of rotatable bonds is 1. The minimum absolute atomic E-state index is 0.0123. The number of aryl methyl sites for hydroxylation is 1. The summed E-state index contributed by atoms with van der Waals surface area (Å²) in [5.41, 5.74) is 4.41. The number of imidazole rings is 1. The summed E-state index contributed by atoms with van der Waals surface area (Å²) in [7, 11) is 0. The third kappa shape index (κ3) is 2.19. The van der Waals surface area contributed by atoms with E-state index in [0.717, 1.165) is 17.0 Å². The van der Waals surface area contributed by atoms with Gasteiger partial charge in [0.1, 0.15) is 5.65 Å². The highest BCUT2D eigenvalue weighted by Gasteiger charge is 2.25. The number of hydrogen-bond acceptors (Lipinski definition) is 1. The molecule has 1 unspecified atom stereocenters. The summed E-state index contributed by atoms with van der Waals surface area (Å²) in [4.78, 5) is 4.74. The van der Waals surface area contributed by atoms with Crippen molar-refractivity contribution in [2.24, 2.45) is 0 Å². The van der Waals surface area contributed by atoms with Gasteiger partial charge in [0, 0.05) is 11.6 Å². The van der Waals surface area contributed by atoms with E-state index in [0.29, 0.717) is 0 Å². The van der Waals surface area contributed by atoms with Gasteiger partial charge in [0.05, 0.1) is 16.8 Å². The van der Waals surface area contributed by atoms with Gasteiger partial charge in [-0.3, -0.25) is 0 Å². The Morgan fingerprint density at radius 3 is 2.53 bits per heavy atom. The first-order valence-electron chi connectivity index (χ1n) is 5.94. The molecule has 0 N–H and O–H groups in total. The van der Waals surface area contributed by atoms with E-state index in [4.69, 9.17) is 16.6 Å². The van der Waals surface area contributed by atoms with Crippen molar-refractivity contribution in [2.75, 3.05) is 0 Å². The molecule has 92 valence electrons. The van der Waals surface area contributed by atoms with Crippen LogP contribution in [0.3, 0.4) is 0 Å². The Kier molecular flexibility index (Phi) is 2.94. The first-order chi connectivity index (χ1) is 7.80. The molecule has 0 amide bonds. The summed E-state index contributed by atoms with van der Waals surface area (Å²) in [5, 5.41) is -0.0399. The van der Waals surface area contributed by atoms with Crippen LogP contribution in [-0.4, -0.2) is 9.38 Å². The molecular weight excluding hydrogens is 232 g/mol. The van der Waals surface area contributed by atoms with Crippen molar-refractivity contribution in [1.29, 1.82) is 0 Å². The van der Waals surface area contributed by atoms with Gasteiger partial charge in [-0.1, -0.05) is 20.8 Å². The Morgan fingerprint density at radius 2 is 2.00 bits per heavy atom. The zero-order valence-corrected chi connectivity index (χ0v) is 11.8. The van der Waals surface area contributed by atoms with E-state index >= 15 is 0 Å². The molecule has 0 aliphatic carbocycles. The molecule has 0 aliphatic rings. The van der Waals surface area contributed by atoms with Gasteiger partial charge >= 0.3 is 0 Å². The normalized spacial score (nSPS) is 14.2. The van der Waals surface area contributed by atoms with Crippen LogP contribution >= 0.6 is 11.6 Å². The molecule has 2 nitrogen and oxygen atoms in total. The number of halogens is 1. The molecule has 1 atom stereocenters. The van der Waals surface area contributed by atoms with Gasteiger partial charge in [-0.15, -0.1) is 11.6 Å². The first kappa shape index (κ1) is 12.4. The van der Waals surface area contributed by atoms with E-state index in [1.165, 1.54) is 5.56 Å². The largest absolute Gasteiger partial charge is 0.302 e. The highest BCUT2D eigenvalue weighted by atomic mass is 35.5. The fourth-order valence-corrected chi connectivity index (χ4v) is 2.31. The molecule has 3 heteroatoms. The molecule has 0 bridgehead atoms. The van der Waals surface area contributed by atoms with Crippen LogP contribution in [0.15, 0.2) is 18.3 Å². The molecular formula is C14H19ClN2. The Morgan fingerprint density at radius 1 is 1.35 bits per heavy atom. The molecule has 0 saturated carbocycles. The molecule has 0 aromatic carbocycles. The van der Waals surface area contributed by atoms with E-state index in [2.05, 4.69) is 50.4 Å². The smallest absolute Gasteiger partial charge is 0.137 e. The van der Waals surface area contributed by atoms with Gasteiger partial charge in [0.2, 0.25) is 0 Å². The summed E-state index contributed by atoms with van der Waals surface area (Å²) >= 11 is 6.31.